The van der Waals surface area contributed by atoms with Crippen LogP contribution in [-0.4, -0.2) is 37.6 Å². The number of benzene rings is 2. The summed E-state index contributed by atoms with van der Waals surface area (Å²) >= 11 is 0. The summed E-state index contributed by atoms with van der Waals surface area (Å²) in [5.41, 5.74) is 1.20. The Morgan fingerprint density at radius 1 is 1.03 bits per heavy atom. The van der Waals surface area contributed by atoms with Crippen molar-refractivity contribution >= 4 is 0 Å². The van der Waals surface area contributed by atoms with Gasteiger partial charge in [0.25, 0.3) is 5.89 Å². The van der Waals surface area contributed by atoms with Crippen molar-refractivity contribution in [1.82, 2.24) is 24.9 Å². The maximum Gasteiger partial charge on any atom is 0.394 e. The van der Waals surface area contributed by atoms with Gasteiger partial charge in [-0.1, -0.05) is 17.3 Å². The number of hydrogen-bond donors (Lipinski definition) is 0. The van der Waals surface area contributed by atoms with Gasteiger partial charge in [0.05, 0.1) is 6.54 Å². The van der Waals surface area contributed by atoms with Gasteiger partial charge in [0.1, 0.15) is 17.3 Å². The fourth-order valence-corrected chi connectivity index (χ4v) is 2.96. The number of aromatic nitrogens is 5. The molecule has 0 aliphatic rings. The lowest BCUT2D eigenvalue weighted by Gasteiger charge is -2.12. The molecule has 0 atom stereocenters. The SMILES string of the molecule is Cc1nc(-c2nc(-c3ccc(OC(C)(F)F)cc3)no2)nn1Cc1cccc(OC(F)F)c1. The van der Waals surface area contributed by atoms with Gasteiger partial charge >= 0.3 is 12.7 Å². The third kappa shape index (κ3) is 5.64. The van der Waals surface area contributed by atoms with Crippen LogP contribution in [0.1, 0.15) is 18.3 Å². The van der Waals surface area contributed by atoms with Crippen LogP contribution in [-0.2, 0) is 6.54 Å². The summed E-state index contributed by atoms with van der Waals surface area (Å²) in [7, 11) is 0. The van der Waals surface area contributed by atoms with Crippen LogP contribution >= 0.6 is 0 Å². The van der Waals surface area contributed by atoms with Gasteiger partial charge in [0, 0.05) is 12.5 Å². The standard InChI is InChI=1S/C21H17F4N5O3/c1-12-26-18(28-30(12)11-13-4-3-5-16(10-13)31-20(22)23)19-27-17(29-33-19)14-6-8-15(9-7-14)32-21(2,24)25/h3-10,20H,11H2,1-2H3. The van der Waals surface area contributed by atoms with Crippen LogP contribution in [0.2, 0.25) is 0 Å². The molecule has 172 valence electrons. The first-order valence-electron chi connectivity index (χ1n) is 9.63. The van der Waals surface area contributed by atoms with Gasteiger partial charge in [0.2, 0.25) is 11.6 Å². The van der Waals surface area contributed by atoms with Crippen LogP contribution in [0, 0.1) is 6.92 Å². The number of ether oxygens (including phenoxy) is 2. The highest BCUT2D eigenvalue weighted by Gasteiger charge is 2.23. The molecule has 8 nitrogen and oxygen atoms in total. The van der Waals surface area contributed by atoms with Gasteiger partial charge in [0.15, 0.2) is 0 Å². The van der Waals surface area contributed by atoms with E-state index in [1.807, 2.05) is 0 Å². The molecule has 4 aromatic rings. The van der Waals surface area contributed by atoms with E-state index in [2.05, 4.69) is 29.7 Å². The fraction of sp³-hybridized carbons (Fsp3) is 0.238. The lowest BCUT2D eigenvalue weighted by molar-refractivity contribution is -0.158. The third-order valence-corrected chi connectivity index (χ3v) is 4.34. The molecule has 0 unspecified atom stereocenters. The number of rotatable bonds is 8. The maximum atomic E-state index is 13.0. The molecule has 0 spiro atoms. The summed E-state index contributed by atoms with van der Waals surface area (Å²) in [5.74, 6) is 1.02. The van der Waals surface area contributed by atoms with Crippen LogP contribution in [0.5, 0.6) is 11.5 Å². The molecule has 12 heteroatoms. The van der Waals surface area contributed by atoms with E-state index in [9.17, 15) is 17.6 Å². The Morgan fingerprint density at radius 2 is 1.79 bits per heavy atom. The number of nitrogens with zero attached hydrogens (tertiary/aromatic N) is 5. The molecular formula is C21H17F4N5O3. The van der Waals surface area contributed by atoms with E-state index in [4.69, 9.17) is 4.52 Å². The van der Waals surface area contributed by atoms with Crippen molar-refractivity contribution in [2.75, 3.05) is 0 Å². The first-order valence-corrected chi connectivity index (χ1v) is 9.63. The first kappa shape index (κ1) is 22.2. The summed E-state index contributed by atoms with van der Waals surface area (Å²) in [6.07, 6.45) is -3.29. The highest BCUT2D eigenvalue weighted by Crippen LogP contribution is 2.26. The van der Waals surface area contributed by atoms with E-state index in [1.54, 1.807) is 23.7 Å². The molecule has 33 heavy (non-hydrogen) atoms. The van der Waals surface area contributed by atoms with E-state index >= 15 is 0 Å². The monoisotopic (exact) mass is 463 g/mol. The molecule has 0 saturated carbocycles. The number of alkyl halides is 4. The van der Waals surface area contributed by atoms with Crippen molar-refractivity contribution in [2.45, 2.75) is 33.1 Å². The summed E-state index contributed by atoms with van der Waals surface area (Å²) in [6, 6.07) is 12.0. The van der Waals surface area contributed by atoms with E-state index in [0.29, 0.717) is 23.9 Å². The predicted molar refractivity (Wildman–Crippen MR) is 107 cm³/mol. The van der Waals surface area contributed by atoms with Gasteiger partial charge in [-0.2, -0.15) is 22.5 Å². The normalized spacial score (nSPS) is 11.7. The Kier molecular flexibility index (Phi) is 5.99. The van der Waals surface area contributed by atoms with Gasteiger partial charge in [-0.05, 0) is 48.9 Å². The second-order valence-electron chi connectivity index (χ2n) is 7.02. The van der Waals surface area contributed by atoms with E-state index < -0.39 is 12.7 Å². The largest absolute Gasteiger partial charge is 0.435 e. The molecule has 0 amide bonds. The minimum atomic E-state index is -3.29. The summed E-state index contributed by atoms with van der Waals surface area (Å²) in [6.45, 7) is -0.295. The second kappa shape index (κ2) is 8.88. The molecule has 2 aromatic carbocycles. The Morgan fingerprint density at radius 3 is 2.48 bits per heavy atom. The zero-order valence-corrected chi connectivity index (χ0v) is 17.4. The van der Waals surface area contributed by atoms with Gasteiger partial charge in [-0.15, -0.1) is 5.10 Å². The van der Waals surface area contributed by atoms with E-state index in [1.165, 1.54) is 36.4 Å². The fourth-order valence-electron chi connectivity index (χ4n) is 2.96. The van der Waals surface area contributed by atoms with E-state index in [-0.39, 0.29) is 35.6 Å². The Hall–Kier alpha value is -3.96. The van der Waals surface area contributed by atoms with Crippen molar-refractivity contribution in [3.63, 3.8) is 0 Å². The quantitative estimate of drug-likeness (QED) is 0.342. The van der Waals surface area contributed by atoms with Crippen LogP contribution in [0.4, 0.5) is 17.6 Å². The number of hydrogen-bond acceptors (Lipinski definition) is 7. The maximum absolute atomic E-state index is 13.0. The lowest BCUT2D eigenvalue weighted by Crippen LogP contribution is -2.18. The molecule has 2 aromatic heterocycles. The average Bonchev–Trinajstić information content (AvgIpc) is 3.35. The smallest absolute Gasteiger partial charge is 0.394 e. The molecule has 0 N–H and O–H groups in total. The minimum absolute atomic E-state index is 0.00554. The molecular weight excluding hydrogens is 446 g/mol. The van der Waals surface area contributed by atoms with Crippen molar-refractivity contribution in [3.8, 4) is 34.6 Å². The topological polar surface area (TPSA) is 88.1 Å². The van der Waals surface area contributed by atoms with Crippen LogP contribution in [0.25, 0.3) is 23.1 Å². The van der Waals surface area contributed by atoms with Crippen molar-refractivity contribution < 1.29 is 31.6 Å². The average molecular weight is 463 g/mol. The molecule has 0 radical (unpaired) electrons. The first-order chi connectivity index (χ1) is 15.7. The zero-order chi connectivity index (χ0) is 23.6. The van der Waals surface area contributed by atoms with Crippen molar-refractivity contribution in [2.24, 2.45) is 0 Å². The highest BCUT2D eigenvalue weighted by atomic mass is 19.3. The lowest BCUT2D eigenvalue weighted by atomic mass is 10.2. The second-order valence-corrected chi connectivity index (χ2v) is 7.02. The van der Waals surface area contributed by atoms with E-state index in [0.717, 1.165) is 0 Å². The number of halogens is 4. The minimum Gasteiger partial charge on any atom is -0.435 e. The van der Waals surface area contributed by atoms with Gasteiger partial charge in [-0.25, -0.2) is 9.67 Å². The number of aryl methyl sites for hydroxylation is 1. The van der Waals surface area contributed by atoms with Gasteiger partial charge < -0.3 is 14.0 Å². The van der Waals surface area contributed by atoms with Gasteiger partial charge in [-0.3, -0.25) is 0 Å². The Balaban J connectivity index is 1.50. The van der Waals surface area contributed by atoms with Crippen LogP contribution < -0.4 is 9.47 Å². The molecule has 0 bridgehead atoms. The highest BCUT2D eigenvalue weighted by molar-refractivity contribution is 5.57. The molecule has 2 heterocycles. The Labute approximate surface area is 184 Å². The Bertz CT molecular complexity index is 1240. The molecule has 0 aliphatic heterocycles. The third-order valence-electron chi connectivity index (χ3n) is 4.34. The van der Waals surface area contributed by atoms with Crippen LogP contribution in [0.3, 0.4) is 0 Å². The molecule has 4 rings (SSSR count). The molecule has 0 saturated heterocycles. The molecule has 0 fully saturated rings. The predicted octanol–water partition coefficient (Wildman–Crippen LogP) is 4.94. The summed E-state index contributed by atoms with van der Waals surface area (Å²) in [5, 5.41) is 8.22. The van der Waals surface area contributed by atoms with Crippen molar-refractivity contribution in [1.29, 1.82) is 0 Å². The summed E-state index contributed by atoms with van der Waals surface area (Å²) < 4.78 is 66.5. The summed E-state index contributed by atoms with van der Waals surface area (Å²) in [4.78, 5) is 8.57. The van der Waals surface area contributed by atoms with Crippen LogP contribution in [0.15, 0.2) is 53.1 Å². The zero-order valence-electron chi connectivity index (χ0n) is 17.4. The van der Waals surface area contributed by atoms with Crippen molar-refractivity contribution in [3.05, 3.63) is 59.9 Å². The molecule has 0 aliphatic carbocycles.